The number of aryl methyl sites for hydroxylation is 2. The summed E-state index contributed by atoms with van der Waals surface area (Å²) >= 11 is 0. The third kappa shape index (κ3) is 19.2. The van der Waals surface area contributed by atoms with Crippen LogP contribution in [-0.2, 0) is 28.6 Å². The van der Waals surface area contributed by atoms with Gasteiger partial charge in [0.1, 0.15) is 12.1 Å². The Morgan fingerprint density at radius 1 is 0.860 bits per heavy atom. The average Bonchev–Trinajstić information content (AvgIpc) is 3.06. The summed E-state index contributed by atoms with van der Waals surface area (Å²) in [5, 5.41) is 15.3. The number of carbonyl (C=O) groups excluding carboxylic acids is 2. The van der Waals surface area contributed by atoms with Crippen LogP contribution in [-0.4, -0.2) is 57.1 Å². The zero-order chi connectivity index (χ0) is 38.3. The van der Waals surface area contributed by atoms with Gasteiger partial charge in [0.05, 0.1) is 11.4 Å². The van der Waals surface area contributed by atoms with Gasteiger partial charge in [0, 0.05) is 25.3 Å². The van der Waals surface area contributed by atoms with Gasteiger partial charge < -0.3 is 38.1 Å². The van der Waals surface area contributed by atoms with E-state index < -0.39 is 23.8 Å². The van der Waals surface area contributed by atoms with E-state index in [0.717, 1.165) is 50.1 Å². The molecule has 12 heteroatoms. The molecule has 0 aliphatic carbocycles. The third-order valence-corrected chi connectivity index (χ3v) is 7.42. The summed E-state index contributed by atoms with van der Waals surface area (Å²) < 4.78 is 35.9. The maximum absolute atomic E-state index is 13.2. The molecule has 0 heterocycles. The number of carbonyl (C=O) groups is 2. The number of hydrogen-bond donors (Lipinski definition) is 7. The smallest absolute Gasteiger partial charge is 0.386 e. The summed E-state index contributed by atoms with van der Waals surface area (Å²) in [7, 11) is 1.50. The molecular formula is C38H62F3N7O2. The molecule has 2 rings (SSSR count). The van der Waals surface area contributed by atoms with Gasteiger partial charge in [0.2, 0.25) is 11.8 Å². The summed E-state index contributed by atoms with van der Waals surface area (Å²) in [6.45, 7) is 21.7. The monoisotopic (exact) mass is 705 g/mol. The van der Waals surface area contributed by atoms with Crippen molar-refractivity contribution in [3.63, 3.8) is 0 Å². The van der Waals surface area contributed by atoms with Crippen LogP contribution in [0, 0.1) is 18.8 Å². The standard InChI is InChI=1S/C29H50N6O2.C8H7F3.CH5N/c1-8-12-24-13-10-11-14-25(24)16-21(5)17-33-28(36)26(19-32-23(7)30)35-29(37)27(20(3)4)34-22(6)18-31-15-9-2;1-6-3-2-4-7(5-6)8(9,10)11;1-2/h10-11,13-14,20-21,26-27,31-32,34H,6-9,12,15-19,30H2,1-5H3,(H,33,36)(H,35,37);2-5H,1H3;2H2,1H3/t21-,26?,27?;;/m1../s1. The highest BCUT2D eigenvalue weighted by Crippen LogP contribution is 2.29. The first-order valence-corrected chi connectivity index (χ1v) is 17.3. The van der Waals surface area contributed by atoms with Crippen LogP contribution in [0.5, 0.6) is 0 Å². The Morgan fingerprint density at radius 2 is 1.50 bits per heavy atom. The maximum Gasteiger partial charge on any atom is 0.416 e. The topological polar surface area (TPSA) is 146 Å². The predicted molar refractivity (Wildman–Crippen MR) is 200 cm³/mol. The SMILES string of the molecule is C=C(N)NCC(NC(=O)C(NC(=C)CNCCC)C(C)C)C(=O)NC[C@H](C)Cc1ccccc1CCC.CN.Cc1cccc(C(F)(F)F)c1. The van der Waals surface area contributed by atoms with Crippen LogP contribution >= 0.6 is 0 Å². The highest BCUT2D eigenvalue weighted by molar-refractivity contribution is 5.90. The van der Waals surface area contributed by atoms with Crippen LogP contribution in [0.1, 0.15) is 69.7 Å². The number of nitrogens with one attached hydrogen (secondary N) is 5. The highest BCUT2D eigenvalue weighted by atomic mass is 19.4. The normalized spacial score (nSPS) is 12.6. The van der Waals surface area contributed by atoms with Crippen molar-refractivity contribution in [2.75, 3.05) is 33.2 Å². The molecule has 2 aromatic rings. The lowest BCUT2D eigenvalue weighted by Gasteiger charge is -2.27. The van der Waals surface area contributed by atoms with Crippen molar-refractivity contribution in [1.82, 2.24) is 26.6 Å². The second-order valence-corrected chi connectivity index (χ2v) is 12.6. The van der Waals surface area contributed by atoms with E-state index in [-0.39, 0.29) is 36.0 Å². The van der Waals surface area contributed by atoms with Gasteiger partial charge in [-0.2, -0.15) is 13.2 Å². The highest BCUT2D eigenvalue weighted by Gasteiger charge is 2.30. The molecule has 0 aliphatic heterocycles. The van der Waals surface area contributed by atoms with Gasteiger partial charge in [-0.15, -0.1) is 0 Å². The first-order chi connectivity index (χ1) is 23.6. The van der Waals surface area contributed by atoms with Crippen molar-refractivity contribution in [3.05, 3.63) is 95.5 Å². The lowest BCUT2D eigenvalue weighted by Crippen LogP contribution is -2.57. The molecule has 282 valence electrons. The van der Waals surface area contributed by atoms with Crippen LogP contribution in [0.3, 0.4) is 0 Å². The van der Waals surface area contributed by atoms with Crippen LogP contribution < -0.4 is 38.1 Å². The van der Waals surface area contributed by atoms with Crippen molar-refractivity contribution >= 4 is 11.8 Å². The molecule has 3 atom stereocenters. The molecule has 2 unspecified atom stereocenters. The average molecular weight is 706 g/mol. The molecule has 0 radical (unpaired) electrons. The van der Waals surface area contributed by atoms with Gasteiger partial charge in [-0.1, -0.05) is 102 Å². The molecule has 0 fully saturated rings. The van der Waals surface area contributed by atoms with Crippen molar-refractivity contribution < 1.29 is 22.8 Å². The van der Waals surface area contributed by atoms with Crippen molar-refractivity contribution in [2.24, 2.45) is 23.3 Å². The molecule has 9 N–H and O–H groups in total. The number of nitrogens with two attached hydrogens (primary N) is 2. The number of alkyl halides is 3. The lowest BCUT2D eigenvalue weighted by atomic mass is 9.94. The van der Waals surface area contributed by atoms with Gasteiger partial charge >= 0.3 is 6.18 Å². The Labute approximate surface area is 298 Å². The number of benzene rings is 2. The first kappa shape index (κ1) is 46.0. The molecule has 0 spiro atoms. The van der Waals surface area contributed by atoms with Crippen LogP contribution in [0.15, 0.2) is 73.2 Å². The van der Waals surface area contributed by atoms with Gasteiger partial charge in [0.25, 0.3) is 0 Å². The van der Waals surface area contributed by atoms with E-state index in [2.05, 4.69) is 90.5 Å². The Balaban J connectivity index is 0.00000154. The number of halogens is 3. The summed E-state index contributed by atoms with van der Waals surface area (Å²) in [6, 6.07) is 12.4. The summed E-state index contributed by atoms with van der Waals surface area (Å²) in [4.78, 5) is 26.3. The number of rotatable bonds is 19. The van der Waals surface area contributed by atoms with Gasteiger partial charge in [-0.05, 0) is 68.8 Å². The molecule has 0 aromatic heterocycles. The molecular weight excluding hydrogens is 643 g/mol. The fourth-order valence-corrected chi connectivity index (χ4v) is 4.86. The molecule has 0 saturated carbocycles. The zero-order valence-electron chi connectivity index (χ0n) is 31.1. The summed E-state index contributed by atoms with van der Waals surface area (Å²) in [5.41, 5.74) is 13.6. The second-order valence-electron chi connectivity index (χ2n) is 12.6. The molecule has 50 heavy (non-hydrogen) atoms. The van der Waals surface area contributed by atoms with Gasteiger partial charge in [-0.25, -0.2) is 0 Å². The minimum atomic E-state index is -4.22. The first-order valence-electron chi connectivity index (χ1n) is 17.3. The van der Waals surface area contributed by atoms with E-state index in [4.69, 9.17) is 5.73 Å². The number of hydrogen-bond acceptors (Lipinski definition) is 7. The van der Waals surface area contributed by atoms with E-state index in [9.17, 15) is 22.8 Å². The number of amides is 2. The molecule has 2 aromatic carbocycles. The van der Waals surface area contributed by atoms with Gasteiger partial charge in [0.15, 0.2) is 0 Å². The molecule has 9 nitrogen and oxygen atoms in total. The Morgan fingerprint density at radius 3 is 2.02 bits per heavy atom. The minimum Gasteiger partial charge on any atom is -0.386 e. The van der Waals surface area contributed by atoms with E-state index in [1.165, 1.54) is 24.2 Å². The minimum absolute atomic E-state index is 0.00715. The van der Waals surface area contributed by atoms with Crippen LogP contribution in [0.4, 0.5) is 13.2 Å². The fourth-order valence-electron chi connectivity index (χ4n) is 4.86. The molecule has 0 aliphatic rings. The summed E-state index contributed by atoms with van der Waals surface area (Å²) in [5.74, 6) is -0.0617. The van der Waals surface area contributed by atoms with Crippen molar-refractivity contribution in [3.8, 4) is 0 Å². The fraction of sp³-hybridized carbons (Fsp3) is 0.526. The molecule has 2 amide bonds. The van der Waals surface area contributed by atoms with Crippen molar-refractivity contribution in [1.29, 1.82) is 0 Å². The van der Waals surface area contributed by atoms with E-state index in [0.29, 0.717) is 18.7 Å². The Hall–Kier alpha value is -4.03. The Bertz CT molecular complexity index is 1300. The second kappa shape index (κ2) is 25.0. The van der Waals surface area contributed by atoms with Crippen LogP contribution in [0.25, 0.3) is 0 Å². The van der Waals surface area contributed by atoms with E-state index in [1.807, 2.05) is 13.8 Å². The van der Waals surface area contributed by atoms with Crippen molar-refractivity contribution in [2.45, 2.75) is 85.5 Å². The molecule has 0 bridgehead atoms. The maximum atomic E-state index is 13.2. The largest absolute Gasteiger partial charge is 0.416 e. The van der Waals surface area contributed by atoms with Crippen LogP contribution in [0.2, 0.25) is 0 Å². The lowest BCUT2D eigenvalue weighted by molar-refractivity contribution is -0.137. The van der Waals surface area contributed by atoms with E-state index >= 15 is 0 Å². The molecule has 0 saturated heterocycles. The third-order valence-electron chi connectivity index (χ3n) is 7.42. The quantitative estimate of drug-likeness (QED) is 0.100. The van der Waals surface area contributed by atoms with E-state index in [1.54, 1.807) is 13.0 Å². The zero-order valence-corrected chi connectivity index (χ0v) is 31.1. The Kier molecular flexibility index (Phi) is 23.0. The summed E-state index contributed by atoms with van der Waals surface area (Å²) in [6.07, 6.45) is -0.186. The van der Waals surface area contributed by atoms with Gasteiger partial charge in [-0.3, -0.25) is 9.59 Å². The predicted octanol–water partition coefficient (Wildman–Crippen LogP) is 5.15.